The van der Waals surface area contributed by atoms with Crippen molar-refractivity contribution in [2.24, 2.45) is 5.92 Å². The van der Waals surface area contributed by atoms with E-state index in [1.54, 1.807) is 0 Å². The van der Waals surface area contributed by atoms with E-state index < -0.39 is 0 Å². The zero-order valence-electron chi connectivity index (χ0n) is 23.2. The summed E-state index contributed by atoms with van der Waals surface area (Å²) in [4.78, 5) is 16.3. The number of ether oxygens (including phenoxy) is 1. The van der Waals surface area contributed by atoms with E-state index in [0.29, 0.717) is 11.4 Å². The summed E-state index contributed by atoms with van der Waals surface area (Å²) in [6, 6.07) is 27.4. The van der Waals surface area contributed by atoms with E-state index in [-0.39, 0.29) is 18.0 Å². The highest BCUT2D eigenvalue weighted by atomic mass is 35.5. The van der Waals surface area contributed by atoms with Crippen LogP contribution in [0, 0.1) is 5.92 Å². The van der Waals surface area contributed by atoms with Gasteiger partial charge < -0.3 is 4.74 Å². The van der Waals surface area contributed by atoms with Crippen molar-refractivity contribution in [3.05, 3.63) is 112 Å². The van der Waals surface area contributed by atoms with Crippen molar-refractivity contribution in [2.45, 2.75) is 51.6 Å². The monoisotopic (exact) mass is 569 g/mol. The molecule has 0 spiro atoms. The smallest absolute Gasteiger partial charge is 0.302 e. The molecule has 0 amide bonds. The van der Waals surface area contributed by atoms with Crippen LogP contribution in [0.15, 0.2) is 78.9 Å². The second-order valence-corrected chi connectivity index (χ2v) is 12.3. The van der Waals surface area contributed by atoms with Crippen LogP contribution in [0.4, 0.5) is 0 Å². The molecule has 4 aromatic rings. The number of pyridine rings is 1. The normalized spacial score (nSPS) is 14.9. The molecule has 206 valence electrons. The zero-order valence-corrected chi connectivity index (χ0v) is 24.8. The Hall–Kier alpha value is -3.08. The minimum absolute atomic E-state index is 0.165. The molecule has 1 fully saturated rings. The molecular weight excluding hydrogens is 534 g/mol. The van der Waals surface area contributed by atoms with Gasteiger partial charge in [-0.3, -0.25) is 4.79 Å². The van der Waals surface area contributed by atoms with Gasteiger partial charge >= 0.3 is 5.97 Å². The number of aromatic nitrogens is 1. The maximum Gasteiger partial charge on any atom is 0.302 e. The van der Waals surface area contributed by atoms with E-state index in [1.807, 2.05) is 31.2 Å². The maximum absolute atomic E-state index is 11.6. The minimum atomic E-state index is -0.235. The summed E-state index contributed by atoms with van der Waals surface area (Å²) >= 11 is 8.27. The molecule has 3 nitrogen and oxygen atoms in total. The van der Waals surface area contributed by atoms with Gasteiger partial charge in [-0.05, 0) is 90.1 Å². The van der Waals surface area contributed by atoms with Crippen LogP contribution in [-0.2, 0) is 16.0 Å². The van der Waals surface area contributed by atoms with Crippen LogP contribution in [0.25, 0.3) is 23.1 Å². The molecule has 2 atom stereocenters. The number of halogens is 1. The fourth-order valence-electron chi connectivity index (χ4n) is 5.19. The molecule has 0 bridgehead atoms. The van der Waals surface area contributed by atoms with E-state index in [9.17, 15) is 4.79 Å². The van der Waals surface area contributed by atoms with Crippen molar-refractivity contribution in [3.8, 4) is 0 Å². The molecule has 3 aromatic carbocycles. The van der Waals surface area contributed by atoms with Gasteiger partial charge in [0.2, 0.25) is 0 Å². The van der Waals surface area contributed by atoms with Gasteiger partial charge in [-0.2, -0.15) is 11.8 Å². The van der Waals surface area contributed by atoms with Crippen LogP contribution in [0.1, 0.15) is 67.0 Å². The lowest BCUT2D eigenvalue weighted by molar-refractivity contribution is -0.145. The minimum Gasteiger partial charge on any atom is -0.463 e. The molecular formula is C35H36ClNO2S. The Morgan fingerprint density at radius 1 is 1.05 bits per heavy atom. The van der Waals surface area contributed by atoms with Crippen molar-refractivity contribution in [2.75, 3.05) is 11.5 Å². The topological polar surface area (TPSA) is 39.2 Å². The number of hydrogen-bond acceptors (Lipinski definition) is 4. The average Bonchev–Trinajstić information content (AvgIpc) is 3.76. The Morgan fingerprint density at radius 3 is 2.70 bits per heavy atom. The quantitative estimate of drug-likeness (QED) is 0.126. The highest BCUT2D eigenvalue weighted by Crippen LogP contribution is 2.36. The third-order valence-electron chi connectivity index (χ3n) is 7.34. The fraction of sp³-hybridized carbons (Fsp3) is 0.314. The number of esters is 1. The summed E-state index contributed by atoms with van der Waals surface area (Å²) in [5.41, 5.74) is 6.81. The van der Waals surface area contributed by atoms with Crippen molar-refractivity contribution in [1.82, 2.24) is 4.98 Å². The van der Waals surface area contributed by atoms with Crippen LogP contribution in [0.3, 0.4) is 0 Å². The number of fused-ring (bicyclic) bond motifs is 1. The second kappa shape index (κ2) is 13.5. The SMILES string of the molecule is CC(=O)O[C@@H](C)Cc1ccccc1[C@H](CCSCC1CC1)c1cccc(/C=C/c2ccc3ccc(Cl)cc3n2)c1. The predicted octanol–water partition coefficient (Wildman–Crippen LogP) is 9.22. The summed E-state index contributed by atoms with van der Waals surface area (Å²) in [6.45, 7) is 3.45. The highest BCUT2D eigenvalue weighted by molar-refractivity contribution is 7.99. The van der Waals surface area contributed by atoms with E-state index in [1.165, 1.54) is 42.2 Å². The Labute approximate surface area is 247 Å². The summed E-state index contributed by atoms with van der Waals surface area (Å²) in [5.74, 6) is 3.35. The van der Waals surface area contributed by atoms with Crippen LogP contribution in [0.2, 0.25) is 5.02 Å². The molecule has 5 rings (SSSR count). The van der Waals surface area contributed by atoms with E-state index in [2.05, 4.69) is 78.5 Å². The number of rotatable bonds is 12. The second-order valence-electron chi connectivity index (χ2n) is 10.8. The van der Waals surface area contributed by atoms with Gasteiger partial charge in [0.25, 0.3) is 0 Å². The number of hydrogen-bond donors (Lipinski definition) is 0. The molecule has 1 aromatic heterocycles. The molecule has 0 radical (unpaired) electrons. The Balaban J connectivity index is 1.40. The van der Waals surface area contributed by atoms with Crippen LogP contribution < -0.4 is 0 Å². The Morgan fingerprint density at radius 2 is 1.88 bits per heavy atom. The molecule has 0 aliphatic heterocycles. The van der Waals surface area contributed by atoms with E-state index >= 15 is 0 Å². The standard InChI is InChI=1S/C35H36ClNO2S/c1-24(39-25(2)38)20-29-7-3-4-9-33(29)34(18-19-40-23-27-10-11-27)30-8-5-6-26(21-30)12-16-32-17-14-28-13-15-31(36)22-35(28)37-32/h3-9,12-17,21-22,24,27,34H,10-11,18-20,23H2,1-2H3/b16-12+/t24-,34+/m0/s1. The average molecular weight is 570 g/mol. The molecule has 1 aliphatic carbocycles. The summed E-state index contributed by atoms with van der Waals surface area (Å²) in [6.07, 6.45) is 8.59. The van der Waals surface area contributed by atoms with Gasteiger partial charge in [-0.25, -0.2) is 4.98 Å². The maximum atomic E-state index is 11.6. The first-order valence-electron chi connectivity index (χ1n) is 14.1. The first-order valence-corrected chi connectivity index (χ1v) is 15.6. The Bertz CT molecular complexity index is 1500. The number of thioether (sulfide) groups is 1. The van der Waals surface area contributed by atoms with Crippen molar-refractivity contribution >= 4 is 52.4 Å². The molecule has 40 heavy (non-hydrogen) atoms. The van der Waals surface area contributed by atoms with Gasteiger partial charge in [-0.1, -0.05) is 78.3 Å². The van der Waals surface area contributed by atoms with Crippen molar-refractivity contribution < 1.29 is 9.53 Å². The van der Waals surface area contributed by atoms with Crippen LogP contribution >= 0.6 is 23.4 Å². The lowest BCUT2D eigenvalue weighted by Crippen LogP contribution is -2.17. The third-order valence-corrected chi connectivity index (χ3v) is 8.81. The Kier molecular flexibility index (Phi) is 9.62. The molecule has 0 unspecified atom stereocenters. The number of carbonyl (C=O) groups excluding carboxylic acids is 1. The fourth-order valence-corrected chi connectivity index (χ4v) is 6.59. The summed E-state index contributed by atoms with van der Waals surface area (Å²) in [5, 5.41) is 1.77. The third kappa shape index (κ3) is 7.99. The lowest BCUT2D eigenvalue weighted by Gasteiger charge is -2.23. The molecule has 1 heterocycles. The molecule has 0 saturated heterocycles. The van der Waals surface area contributed by atoms with Gasteiger partial charge in [-0.15, -0.1) is 0 Å². The van der Waals surface area contributed by atoms with E-state index in [0.717, 1.165) is 40.3 Å². The molecule has 5 heteroatoms. The van der Waals surface area contributed by atoms with Gasteiger partial charge in [0.15, 0.2) is 0 Å². The van der Waals surface area contributed by atoms with Gasteiger partial charge in [0.1, 0.15) is 6.10 Å². The first kappa shape index (κ1) is 28.4. The lowest BCUT2D eigenvalue weighted by atomic mass is 9.84. The van der Waals surface area contributed by atoms with Gasteiger partial charge in [0.05, 0.1) is 11.2 Å². The van der Waals surface area contributed by atoms with Crippen LogP contribution in [-0.4, -0.2) is 28.6 Å². The highest BCUT2D eigenvalue weighted by Gasteiger charge is 2.22. The largest absolute Gasteiger partial charge is 0.463 e. The molecule has 0 N–H and O–H groups in total. The number of carbonyl (C=O) groups is 1. The number of nitrogens with zero attached hydrogens (tertiary/aromatic N) is 1. The molecule has 1 saturated carbocycles. The summed E-state index contributed by atoms with van der Waals surface area (Å²) in [7, 11) is 0. The van der Waals surface area contributed by atoms with Crippen molar-refractivity contribution in [3.63, 3.8) is 0 Å². The van der Waals surface area contributed by atoms with Crippen molar-refractivity contribution in [1.29, 1.82) is 0 Å². The van der Waals surface area contributed by atoms with Gasteiger partial charge in [0, 0.05) is 29.7 Å². The summed E-state index contributed by atoms with van der Waals surface area (Å²) < 4.78 is 5.49. The van der Waals surface area contributed by atoms with Crippen LogP contribution in [0.5, 0.6) is 0 Å². The molecule has 1 aliphatic rings. The first-order chi connectivity index (χ1) is 19.4. The zero-order chi connectivity index (χ0) is 27.9. The predicted molar refractivity (Wildman–Crippen MR) is 170 cm³/mol. The van der Waals surface area contributed by atoms with E-state index in [4.69, 9.17) is 21.3 Å². The number of benzene rings is 3.